The van der Waals surface area contributed by atoms with Gasteiger partial charge in [-0.05, 0) is 30.2 Å². The SMILES string of the molecule is Cc1ccc(C(/C=C/c2ccc([N+](=O)[O-])cc2)=C(C#N)C#N)cc1. The predicted octanol–water partition coefficient (Wildman–Crippen LogP) is 4.42. The molecule has 0 aromatic heterocycles. The van der Waals surface area contributed by atoms with E-state index in [-0.39, 0.29) is 11.3 Å². The van der Waals surface area contributed by atoms with Crippen LogP contribution in [0.15, 0.2) is 60.2 Å². The molecule has 0 saturated carbocycles. The Morgan fingerprint density at radius 2 is 1.62 bits per heavy atom. The van der Waals surface area contributed by atoms with Crippen LogP contribution in [0.2, 0.25) is 0 Å². The molecule has 24 heavy (non-hydrogen) atoms. The number of nitro groups is 1. The lowest BCUT2D eigenvalue weighted by Gasteiger charge is -2.04. The van der Waals surface area contributed by atoms with Crippen molar-refractivity contribution in [2.45, 2.75) is 6.92 Å². The van der Waals surface area contributed by atoms with Crippen molar-refractivity contribution < 1.29 is 4.92 Å². The van der Waals surface area contributed by atoms with Gasteiger partial charge in [0.15, 0.2) is 0 Å². The van der Waals surface area contributed by atoms with Gasteiger partial charge >= 0.3 is 0 Å². The van der Waals surface area contributed by atoms with Crippen molar-refractivity contribution in [2.24, 2.45) is 0 Å². The van der Waals surface area contributed by atoms with Gasteiger partial charge in [-0.3, -0.25) is 10.1 Å². The average molecular weight is 315 g/mol. The van der Waals surface area contributed by atoms with Gasteiger partial charge in [0.05, 0.1) is 4.92 Å². The van der Waals surface area contributed by atoms with E-state index in [4.69, 9.17) is 10.5 Å². The van der Waals surface area contributed by atoms with Crippen LogP contribution in [-0.4, -0.2) is 4.92 Å². The van der Waals surface area contributed by atoms with Gasteiger partial charge in [0, 0.05) is 17.7 Å². The summed E-state index contributed by atoms with van der Waals surface area (Å²) >= 11 is 0. The molecule has 0 unspecified atom stereocenters. The second kappa shape index (κ2) is 7.53. The molecule has 0 heterocycles. The second-order valence-electron chi connectivity index (χ2n) is 5.06. The lowest BCUT2D eigenvalue weighted by Crippen LogP contribution is -1.88. The molecule has 5 nitrogen and oxygen atoms in total. The summed E-state index contributed by atoms with van der Waals surface area (Å²) in [6.45, 7) is 1.95. The average Bonchev–Trinajstić information content (AvgIpc) is 2.60. The van der Waals surface area contributed by atoms with Gasteiger partial charge in [0.2, 0.25) is 0 Å². The Balaban J connectivity index is 2.41. The molecule has 0 aliphatic rings. The van der Waals surface area contributed by atoms with Crippen molar-refractivity contribution in [1.82, 2.24) is 0 Å². The second-order valence-corrected chi connectivity index (χ2v) is 5.06. The van der Waals surface area contributed by atoms with Crippen LogP contribution in [-0.2, 0) is 0 Å². The summed E-state index contributed by atoms with van der Waals surface area (Å²) in [5.41, 5.74) is 3.11. The summed E-state index contributed by atoms with van der Waals surface area (Å²) < 4.78 is 0. The highest BCUT2D eigenvalue weighted by molar-refractivity contribution is 5.85. The van der Waals surface area contributed by atoms with Gasteiger partial charge in [-0.1, -0.05) is 42.0 Å². The van der Waals surface area contributed by atoms with E-state index in [9.17, 15) is 10.1 Å². The molecule has 2 aromatic rings. The number of nitro benzene ring substituents is 1. The summed E-state index contributed by atoms with van der Waals surface area (Å²) in [5.74, 6) is 0. The van der Waals surface area contributed by atoms with Crippen LogP contribution in [0.1, 0.15) is 16.7 Å². The summed E-state index contributed by atoms with van der Waals surface area (Å²) in [6.07, 6.45) is 3.39. The van der Waals surface area contributed by atoms with Crippen LogP contribution in [0.25, 0.3) is 11.6 Å². The molecule has 0 saturated heterocycles. The quantitative estimate of drug-likeness (QED) is 0.361. The Bertz CT molecular complexity index is 878. The van der Waals surface area contributed by atoms with Crippen molar-refractivity contribution in [3.05, 3.63) is 87.0 Å². The molecule has 0 bridgehead atoms. The van der Waals surface area contributed by atoms with E-state index in [1.165, 1.54) is 12.1 Å². The Morgan fingerprint density at radius 3 is 2.12 bits per heavy atom. The minimum atomic E-state index is -0.464. The molecule has 0 fully saturated rings. The number of nitriles is 2. The minimum absolute atomic E-state index is 0.0104. The number of allylic oxidation sites excluding steroid dienone is 3. The molecule has 2 aromatic carbocycles. The number of benzene rings is 2. The highest BCUT2D eigenvalue weighted by Crippen LogP contribution is 2.22. The molecular weight excluding hydrogens is 302 g/mol. The predicted molar refractivity (Wildman–Crippen MR) is 91.5 cm³/mol. The first-order valence-electron chi connectivity index (χ1n) is 7.09. The molecule has 0 amide bonds. The number of hydrogen-bond donors (Lipinski definition) is 0. The van der Waals surface area contributed by atoms with Gasteiger partial charge < -0.3 is 0 Å². The van der Waals surface area contributed by atoms with E-state index in [0.717, 1.165) is 16.7 Å². The summed E-state index contributed by atoms with van der Waals surface area (Å²) in [6, 6.07) is 17.3. The number of rotatable bonds is 4. The van der Waals surface area contributed by atoms with E-state index in [2.05, 4.69) is 0 Å². The molecule has 0 atom stereocenters. The van der Waals surface area contributed by atoms with E-state index in [0.29, 0.717) is 5.57 Å². The van der Waals surface area contributed by atoms with Gasteiger partial charge in [-0.2, -0.15) is 10.5 Å². The first kappa shape index (κ1) is 16.7. The molecule has 0 spiro atoms. The Labute approximate surface area is 139 Å². The van der Waals surface area contributed by atoms with E-state index in [1.807, 2.05) is 43.3 Å². The third kappa shape index (κ3) is 3.94. The molecule has 0 aliphatic heterocycles. The normalized spacial score (nSPS) is 9.96. The van der Waals surface area contributed by atoms with Crippen LogP contribution in [0.4, 0.5) is 5.69 Å². The van der Waals surface area contributed by atoms with Gasteiger partial charge in [0.1, 0.15) is 17.7 Å². The van der Waals surface area contributed by atoms with Gasteiger partial charge in [-0.25, -0.2) is 0 Å². The molecule has 0 aliphatic carbocycles. The summed E-state index contributed by atoms with van der Waals surface area (Å²) in [7, 11) is 0. The van der Waals surface area contributed by atoms with Gasteiger partial charge in [-0.15, -0.1) is 0 Å². The van der Waals surface area contributed by atoms with Crippen LogP contribution in [0, 0.1) is 39.7 Å². The Kier molecular flexibility index (Phi) is 5.23. The highest BCUT2D eigenvalue weighted by atomic mass is 16.6. The van der Waals surface area contributed by atoms with Crippen LogP contribution in [0.3, 0.4) is 0 Å². The number of aryl methyl sites for hydroxylation is 1. The standard InChI is InChI=1S/C19H13N3O2/c1-14-2-7-16(8-3-14)19(17(12-20)13-21)11-6-15-4-9-18(10-5-15)22(23)24/h2-11H,1H3/b11-6+. The lowest BCUT2D eigenvalue weighted by atomic mass is 9.98. The Morgan fingerprint density at radius 1 is 1.04 bits per heavy atom. The molecule has 0 radical (unpaired) electrons. The monoisotopic (exact) mass is 315 g/mol. The fourth-order valence-corrected chi connectivity index (χ4v) is 2.09. The highest BCUT2D eigenvalue weighted by Gasteiger charge is 2.07. The fraction of sp³-hybridized carbons (Fsp3) is 0.0526. The van der Waals surface area contributed by atoms with Crippen molar-refractivity contribution in [2.75, 3.05) is 0 Å². The van der Waals surface area contributed by atoms with E-state index >= 15 is 0 Å². The zero-order chi connectivity index (χ0) is 17.5. The maximum Gasteiger partial charge on any atom is 0.269 e. The number of nitrogens with zero attached hydrogens (tertiary/aromatic N) is 3. The van der Waals surface area contributed by atoms with Crippen molar-refractivity contribution in [3.8, 4) is 12.1 Å². The first-order chi connectivity index (χ1) is 11.5. The fourth-order valence-electron chi connectivity index (χ4n) is 2.09. The third-order valence-corrected chi connectivity index (χ3v) is 3.40. The van der Waals surface area contributed by atoms with Crippen LogP contribution < -0.4 is 0 Å². The maximum absolute atomic E-state index is 10.7. The zero-order valence-corrected chi connectivity index (χ0v) is 12.9. The zero-order valence-electron chi connectivity index (χ0n) is 12.9. The molecule has 2 rings (SSSR count). The van der Waals surface area contributed by atoms with E-state index < -0.39 is 4.92 Å². The molecule has 116 valence electrons. The molecular formula is C19H13N3O2. The lowest BCUT2D eigenvalue weighted by molar-refractivity contribution is -0.384. The van der Waals surface area contributed by atoms with Crippen molar-refractivity contribution in [3.63, 3.8) is 0 Å². The Hall–Kier alpha value is -3.70. The summed E-state index contributed by atoms with van der Waals surface area (Å²) in [4.78, 5) is 10.2. The smallest absolute Gasteiger partial charge is 0.258 e. The third-order valence-electron chi connectivity index (χ3n) is 3.40. The van der Waals surface area contributed by atoms with Crippen molar-refractivity contribution in [1.29, 1.82) is 10.5 Å². The first-order valence-corrected chi connectivity index (χ1v) is 7.09. The van der Waals surface area contributed by atoms with Crippen LogP contribution >= 0.6 is 0 Å². The summed E-state index contributed by atoms with van der Waals surface area (Å²) in [5, 5.41) is 29.0. The van der Waals surface area contributed by atoms with E-state index in [1.54, 1.807) is 24.3 Å². The van der Waals surface area contributed by atoms with Crippen molar-refractivity contribution >= 4 is 17.3 Å². The topological polar surface area (TPSA) is 90.7 Å². The largest absolute Gasteiger partial charge is 0.269 e. The molecule has 0 N–H and O–H groups in total. The minimum Gasteiger partial charge on any atom is -0.258 e. The maximum atomic E-state index is 10.7. The van der Waals surface area contributed by atoms with Gasteiger partial charge in [0.25, 0.3) is 5.69 Å². The molecule has 5 heteroatoms. The number of non-ortho nitro benzene ring substituents is 1. The number of hydrogen-bond acceptors (Lipinski definition) is 4. The van der Waals surface area contributed by atoms with Crippen LogP contribution in [0.5, 0.6) is 0 Å².